The van der Waals surface area contributed by atoms with Gasteiger partial charge in [0, 0.05) is 24.3 Å². The van der Waals surface area contributed by atoms with Crippen molar-refractivity contribution in [3.8, 4) is 0 Å². The molecule has 1 fully saturated rings. The van der Waals surface area contributed by atoms with E-state index in [-0.39, 0.29) is 9.79 Å². The predicted octanol–water partition coefficient (Wildman–Crippen LogP) is 1.89. The first-order valence-corrected chi connectivity index (χ1v) is 9.88. The highest BCUT2D eigenvalue weighted by Crippen LogP contribution is 2.38. The molecule has 0 N–H and O–H groups in total. The number of hydrogen-bond acceptors (Lipinski definition) is 4. The highest BCUT2D eigenvalue weighted by Gasteiger charge is 2.36. The molecule has 112 valence electrons. The van der Waals surface area contributed by atoms with E-state index in [9.17, 15) is 16.8 Å². The molecule has 5 nitrogen and oxygen atoms in total. The van der Waals surface area contributed by atoms with Gasteiger partial charge in [-0.2, -0.15) is 0 Å². The zero-order valence-corrected chi connectivity index (χ0v) is 13.5. The van der Waals surface area contributed by atoms with Gasteiger partial charge >= 0.3 is 0 Å². The maximum Gasteiger partial charge on any atom is 0.261 e. The van der Waals surface area contributed by atoms with Crippen molar-refractivity contribution in [2.24, 2.45) is 11.8 Å². The molecule has 1 aromatic carbocycles. The lowest BCUT2D eigenvalue weighted by Crippen LogP contribution is -2.29. The molecule has 0 amide bonds. The van der Waals surface area contributed by atoms with E-state index in [0.29, 0.717) is 18.4 Å². The Morgan fingerprint density at radius 3 is 2.00 bits per heavy atom. The molecule has 0 aliphatic heterocycles. The first-order chi connectivity index (χ1) is 9.12. The third-order valence-electron chi connectivity index (χ3n) is 3.58. The summed E-state index contributed by atoms with van der Waals surface area (Å²) in [5, 5.41) is 0. The summed E-state index contributed by atoms with van der Waals surface area (Å²) in [5.74, 6) is 0.980. The van der Waals surface area contributed by atoms with Crippen molar-refractivity contribution < 1.29 is 16.8 Å². The van der Waals surface area contributed by atoms with Crippen LogP contribution < -0.4 is 0 Å². The summed E-state index contributed by atoms with van der Waals surface area (Å²) in [4.78, 5) is -0.0473. The standard InChI is InChI=1S/C12H16ClNO4S2/c1-9-7-10(9)8-14(2)20(17,18)12-5-3-11(4-6-12)19(13,15)16/h3-6,9-10H,7-8H2,1-2H3. The van der Waals surface area contributed by atoms with Gasteiger partial charge in [0.05, 0.1) is 9.79 Å². The molecule has 1 aromatic rings. The molecule has 1 saturated carbocycles. The third-order valence-corrected chi connectivity index (χ3v) is 6.79. The van der Waals surface area contributed by atoms with E-state index < -0.39 is 19.1 Å². The Hall–Kier alpha value is -0.630. The van der Waals surface area contributed by atoms with Crippen LogP contribution in [0.1, 0.15) is 13.3 Å². The second-order valence-electron chi connectivity index (χ2n) is 5.17. The van der Waals surface area contributed by atoms with Gasteiger partial charge in [-0.25, -0.2) is 21.1 Å². The first-order valence-electron chi connectivity index (χ1n) is 6.13. The van der Waals surface area contributed by atoms with E-state index in [1.54, 1.807) is 0 Å². The van der Waals surface area contributed by atoms with Crippen molar-refractivity contribution in [3.63, 3.8) is 0 Å². The monoisotopic (exact) mass is 337 g/mol. The zero-order valence-electron chi connectivity index (χ0n) is 11.2. The fourth-order valence-corrected chi connectivity index (χ4v) is 4.03. The van der Waals surface area contributed by atoms with Crippen molar-refractivity contribution in [1.82, 2.24) is 4.31 Å². The molecule has 2 rings (SSSR count). The third kappa shape index (κ3) is 3.33. The maximum atomic E-state index is 12.3. The number of rotatable bonds is 5. The molecule has 1 aliphatic rings. The summed E-state index contributed by atoms with van der Waals surface area (Å²) < 4.78 is 48.2. The van der Waals surface area contributed by atoms with Gasteiger partial charge in [-0.1, -0.05) is 6.92 Å². The molecule has 0 radical (unpaired) electrons. The van der Waals surface area contributed by atoms with Gasteiger partial charge in [0.1, 0.15) is 0 Å². The van der Waals surface area contributed by atoms with Crippen LogP contribution in [-0.4, -0.2) is 34.7 Å². The van der Waals surface area contributed by atoms with E-state index in [2.05, 4.69) is 6.92 Å². The average molecular weight is 338 g/mol. The van der Waals surface area contributed by atoms with Gasteiger partial charge in [-0.15, -0.1) is 0 Å². The van der Waals surface area contributed by atoms with Crippen molar-refractivity contribution >= 4 is 29.8 Å². The Balaban J connectivity index is 2.21. The Kier molecular flexibility index (Phi) is 4.17. The normalized spacial score (nSPS) is 23.0. The number of hydrogen-bond donors (Lipinski definition) is 0. The maximum absolute atomic E-state index is 12.3. The van der Waals surface area contributed by atoms with Crippen LogP contribution in [0, 0.1) is 11.8 Å². The predicted molar refractivity (Wildman–Crippen MR) is 76.6 cm³/mol. The molecular weight excluding hydrogens is 322 g/mol. The van der Waals surface area contributed by atoms with Crippen molar-refractivity contribution in [2.75, 3.05) is 13.6 Å². The van der Waals surface area contributed by atoms with Crippen LogP contribution in [0.4, 0.5) is 0 Å². The van der Waals surface area contributed by atoms with E-state index in [4.69, 9.17) is 10.7 Å². The van der Waals surface area contributed by atoms with Crippen LogP contribution in [0.3, 0.4) is 0 Å². The second kappa shape index (κ2) is 5.29. The molecule has 1 aliphatic carbocycles. The number of sulfonamides is 1. The van der Waals surface area contributed by atoms with Crippen LogP contribution >= 0.6 is 10.7 Å². The average Bonchev–Trinajstić information content (AvgIpc) is 3.04. The van der Waals surface area contributed by atoms with E-state index in [1.165, 1.54) is 35.6 Å². The number of halogens is 1. The van der Waals surface area contributed by atoms with Crippen LogP contribution in [0.5, 0.6) is 0 Å². The lowest BCUT2D eigenvalue weighted by molar-refractivity contribution is 0.444. The Morgan fingerprint density at radius 2 is 1.60 bits per heavy atom. The Morgan fingerprint density at radius 1 is 1.15 bits per heavy atom. The summed E-state index contributed by atoms with van der Waals surface area (Å²) in [5.41, 5.74) is 0. The van der Waals surface area contributed by atoms with Crippen molar-refractivity contribution in [3.05, 3.63) is 24.3 Å². The highest BCUT2D eigenvalue weighted by molar-refractivity contribution is 8.13. The molecule has 0 bridgehead atoms. The topological polar surface area (TPSA) is 71.5 Å². The molecule has 0 heterocycles. The second-order valence-corrected chi connectivity index (χ2v) is 9.78. The minimum absolute atomic E-state index is 0.0670. The Bertz CT molecular complexity index is 697. The fourth-order valence-electron chi connectivity index (χ4n) is 2.04. The molecule has 0 saturated heterocycles. The largest absolute Gasteiger partial charge is 0.261 e. The minimum Gasteiger partial charge on any atom is -0.207 e. The fraction of sp³-hybridized carbons (Fsp3) is 0.500. The van der Waals surface area contributed by atoms with Gasteiger partial charge in [-0.3, -0.25) is 0 Å². The van der Waals surface area contributed by atoms with Gasteiger partial charge in [0.25, 0.3) is 9.05 Å². The van der Waals surface area contributed by atoms with Crippen LogP contribution in [-0.2, 0) is 19.1 Å². The first kappa shape index (κ1) is 15.8. The molecule has 2 atom stereocenters. The van der Waals surface area contributed by atoms with E-state index in [0.717, 1.165) is 6.42 Å². The van der Waals surface area contributed by atoms with E-state index >= 15 is 0 Å². The summed E-state index contributed by atoms with van der Waals surface area (Å²) in [6.07, 6.45) is 1.04. The molecule has 2 unspecified atom stereocenters. The highest BCUT2D eigenvalue weighted by atomic mass is 35.7. The van der Waals surface area contributed by atoms with Gasteiger partial charge in [0.2, 0.25) is 10.0 Å². The van der Waals surface area contributed by atoms with Crippen LogP contribution in [0.25, 0.3) is 0 Å². The van der Waals surface area contributed by atoms with Crippen molar-refractivity contribution in [2.45, 2.75) is 23.1 Å². The molecule has 0 aromatic heterocycles. The molecule has 20 heavy (non-hydrogen) atoms. The SMILES string of the molecule is CC1CC1CN(C)S(=O)(=O)c1ccc(S(=O)(=O)Cl)cc1. The van der Waals surface area contributed by atoms with E-state index in [1.807, 2.05) is 0 Å². The lowest BCUT2D eigenvalue weighted by Gasteiger charge is -2.17. The quantitative estimate of drug-likeness (QED) is 0.769. The molecular formula is C12H16ClNO4S2. The summed E-state index contributed by atoms with van der Waals surface area (Å²) in [6.45, 7) is 2.57. The number of benzene rings is 1. The van der Waals surface area contributed by atoms with Crippen LogP contribution in [0.15, 0.2) is 34.1 Å². The van der Waals surface area contributed by atoms with Crippen LogP contribution in [0.2, 0.25) is 0 Å². The zero-order chi connectivity index (χ0) is 15.1. The number of nitrogens with zero attached hydrogens (tertiary/aromatic N) is 1. The van der Waals surface area contributed by atoms with Gasteiger partial charge in [0.15, 0.2) is 0 Å². The lowest BCUT2D eigenvalue weighted by atomic mass is 10.3. The molecule has 0 spiro atoms. The summed E-state index contributed by atoms with van der Waals surface area (Å²) in [7, 11) is -0.695. The van der Waals surface area contributed by atoms with Gasteiger partial charge < -0.3 is 0 Å². The van der Waals surface area contributed by atoms with Gasteiger partial charge in [-0.05, 0) is 42.5 Å². The smallest absolute Gasteiger partial charge is 0.207 e. The Labute approximate surface area is 124 Å². The minimum atomic E-state index is -3.84. The molecule has 8 heteroatoms. The van der Waals surface area contributed by atoms with Crippen molar-refractivity contribution in [1.29, 1.82) is 0 Å². The summed E-state index contributed by atoms with van der Waals surface area (Å²) in [6, 6.07) is 4.92. The summed E-state index contributed by atoms with van der Waals surface area (Å²) >= 11 is 0.